The molecule has 0 unspecified atom stereocenters. The maximum absolute atomic E-state index is 13.4. The third-order valence-corrected chi connectivity index (χ3v) is 6.53. The molecule has 2 aromatic heterocycles. The highest BCUT2D eigenvalue weighted by Gasteiger charge is 2.18. The Bertz CT molecular complexity index is 1480. The first-order valence-electron chi connectivity index (χ1n) is 10.0. The minimum Gasteiger partial charge on any atom is -0.496 e. The smallest absolute Gasteiger partial charge is 0.263 e. The van der Waals surface area contributed by atoms with Gasteiger partial charge < -0.3 is 4.74 Å². The Labute approximate surface area is 193 Å². The van der Waals surface area contributed by atoms with Crippen molar-refractivity contribution >= 4 is 40.0 Å². The number of halogens is 1. The van der Waals surface area contributed by atoms with Crippen LogP contribution < -0.4 is 10.3 Å². The topological polar surface area (TPSA) is 61.4 Å². The van der Waals surface area contributed by atoms with Crippen LogP contribution >= 0.6 is 23.4 Å². The first-order valence-corrected chi connectivity index (χ1v) is 11.4. The van der Waals surface area contributed by atoms with Crippen molar-refractivity contribution in [3.63, 3.8) is 0 Å². The van der Waals surface area contributed by atoms with E-state index in [1.807, 2.05) is 77.2 Å². The molecule has 0 aliphatic carbocycles. The van der Waals surface area contributed by atoms with Gasteiger partial charge in [-0.1, -0.05) is 65.8 Å². The number of hydrogen-bond donors (Lipinski definition) is 0. The Balaban J connectivity index is 1.63. The molecule has 8 heteroatoms. The maximum Gasteiger partial charge on any atom is 0.263 e. The molecule has 0 aliphatic rings. The van der Waals surface area contributed by atoms with Gasteiger partial charge in [0.25, 0.3) is 5.56 Å². The van der Waals surface area contributed by atoms with E-state index in [4.69, 9.17) is 16.3 Å². The molecule has 0 fully saturated rings. The van der Waals surface area contributed by atoms with Crippen molar-refractivity contribution in [2.24, 2.45) is 0 Å². The molecule has 0 N–H and O–H groups in total. The second kappa shape index (κ2) is 8.68. The van der Waals surface area contributed by atoms with Crippen molar-refractivity contribution in [2.45, 2.75) is 17.5 Å². The Kier molecular flexibility index (Phi) is 5.59. The van der Waals surface area contributed by atoms with E-state index in [-0.39, 0.29) is 5.56 Å². The molecule has 5 rings (SSSR count). The molecule has 0 atom stereocenters. The van der Waals surface area contributed by atoms with Crippen LogP contribution in [0.25, 0.3) is 16.7 Å². The lowest BCUT2D eigenvalue weighted by molar-refractivity contribution is 0.408. The van der Waals surface area contributed by atoms with Crippen LogP contribution in [-0.2, 0) is 12.3 Å². The molecule has 0 radical (unpaired) electrons. The van der Waals surface area contributed by atoms with Gasteiger partial charge in [0, 0.05) is 16.3 Å². The fourth-order valence-electron chi connectivity index (χ4n) is 3.70. The summed E-state index contributed by atoms with van der Waals surface area (Å²) in [5.41, 5.74) is 2.70. The SMILES string of the molecule is COc1ccccc1Cn1c(=O)c2ccccc2n2c(SCc3ccc(Cl)cc3)nnc12. The predicted molar refractivity (Wildman–Crippen MR) is 128 cm³/mol. The normalized spacial score (nSPS) is 11.3. The van der Waals surface area contributed by atoms with Gasteiger partial charge in [-0.15, -0.1) is 10.2 Å². The molecule has 5 aromatic rings. The van der Waals surface area contributed by atoms with Gasteiger partial charge in [0.05, 0.1) is 24.6 Å². The molecule has 0 saturated carbocycles. The van der Waals surface area contributed by atoms with Gasteiger partial charge in [-0.05, 0) is 35.9 Å². The van der Waals surface area contributed by atoms with Gasteiger partial charge in [0.2, 0.25) is 5.78 Å². The first-order chi connectivity index (χ1) is 15.7. The third-order valence-electron chi connectivity index (χ3n) is 5.28. The van der Waals surface area contributed by atoms with E-state index in [9.17, 15) is 4.79 Å². The number of para-hydroxylation sites is 2. The largest absolute Gasteiger partial charge is 0.496 e. The van der Waals surface area contributed by atoms with E-state index >= 15 is 0 Å². The Morgan fingerprint density at radius 2 is 1.72 bits per heavy atom. The minimum absolute atomic E-state index is 0.111. The number of benzene rings is 3. The number of rotatable bonds is 6. The molecule has 2 heterocycles. The third kappa shape index (κ3) is 3.74. The Morgan fingerprint density at radius 1 is 0.969 bits per heavy atom. The zero-order valence-corrected chi connectivity index (χ0v) is 18.8. The van der Waals surface area contributed by atoms with Crippen LogP contribution in [0.4, 0.5) is 0 Å². The van der Waals surface area contributed by atoms with E-state index in [0.717, 1.165) is 27.5 Å². The molecule has 0 spiro atoms. The first kappa shape index (κ1) is 20.6. The Morgan fingerprint density at radius 3 is 2.53 bits per heavy atom. The van der Waals surface area contributed by atoms with Gasteiger partial charge in [0.15, 0.2) is 5.16 Å². The lowest BCUT2D eigenvalue weighted by Crippen LogP contribution is -2.24. The number of thioether (sulfide) groups is 1. The van der Waals surface area contributed by atoms with Crippen LogP contribution in [0.5, 0.6) is 5.75 Å². The van der Waals surface area contributed by atoms with Crippen molar-refractivity contribution in [1.29, 1.82) is 0 Å². The van der Waals surface area contributed by atoms with E-state index in [0.29, 0.717) is 28.5 Å². The van der Waals surface area contributed by atoms with Gasteiger partial charge in [0.1, 0.15) is 5.75 Å². The molecule has 0 saturated heterocycles. The quantitative estimate of drug-likeness (QED) is 0.330. The average molecular weight is 463 g/mol. The number of nitrogens with zero attached hydrogens (tertiary/aromatic N) is 4. The molecule has 160 valence electrons. The summed E-state index contributed by atoms with van der Waals surface area (Å²) in [6.45, 7) is 0.331. The second-order valence-electron chi connectivity index (χ2n) is 7.25. The van der Waals surface area contributed by atoms with Gasteiger partial charge in [-0.3, -0.25) is 13.8 Å². The van der Waals surface area contributed by atoms with Gasteiger partial charge in [-0.2, -0.15) is 0 Å². The zero-order chi connectivity index (χ0) is 22.1. The fourth-order valence-corrected chi connectivity index (χ4v) is 4.72. The van der Waals surface area contributed by atoms with E-state index < -0.39 is 0 Å². The number of aromatic nitrogens is 4. The molecular weight excluding hydrogens is 444 g/mol. The lowest BCUT2D eigenvalue weighted by Gasteiger charge is -2.13. The summed E-state index contributed by atoms with van der Waals surface area (Å²) in [6.07, 6.45) is 0. The van der Waals surface area contributed by atoms with Crippen molar-refractivity contribution in [3.8, 4) is 5.75 Å². The Hall–Kier alpha value is -3.29. The monoisotopic (exact) mass is 462 g/mol. The van der Waals surface area contributed by atoms with Crippen LogP contribution in [0.2, 0.25) is 5.02 Å². The predicted octanol–water partition coefficient (Wildman–Crippen LogP) is 5.05. The van der Waals surface area contributed by atoms with Gasteiger partial charge >= 0.3 is 0 Å². The summed E-state index contributed by atoms with van der Waals surface area (Å²) in [5.74, 6) is 1.93. The van der Waals surface area contributed by atoms with Gasteiger partial charge in [-0.25, -0.2) is 0 Å². The van der Waals surface area contributed by atoms with Crippen molar-refractivity contribution < 1.29 is 4.74 Å². The molecule has 0 bridgehead atoms. The lowest BCUT2D eigenvalue weighted by atomic mass is 10.2. The van der Waals surface area contributed by atoms with E-state index in [2.05, 4.69) is 10.2 Å². The highest BCUT2D eigenvalue weighted by molar-refractivity contribution is 7.98. The van der Waals surface area contributed by atoms with Crippen LogP contribution in [0.3, 0.4) is 0 Å². The fraction of sp³-hybridized carbons (Fsp3) is 0.125. The summed E-state index contributed by atoms with van der Waals surface area (Å²) < 4.78 is 9.09. The summed E-state index contributed by atoms with van der Waals surface area (Å²) >= 11 is 7.57. The van der Waals surface area contributed by atoms with Crippen molar-refractivity contribution in [2.75, 3.05) is 7.11 Å². The number of ether oxygens (including phenoxy) is 1. The van der Waals surface area contributed by atoms with E-state index in [1.54, 1.807) is 23.4 Å². The van der Waals surface area contributed by atoms with Crippen LogP contribution in [0.15, 0.2) is 82.7 Å². The standard InChI is InChI=1S/C24H19ClN4O2S/c1-31-21-9-5-2-6-17(21)14-28-22(30)19-7-3-4-8-20(19)29-23(28)26-27-24(29)32-15-16-10-12-18(25)13-11-16/h2-13H,14-15H2,1H3. The molecule has 6 nitrogen and oxygen atoms in total. The summed E-state index contributed by atoms with van der Waals surface area (Å²) in [4.78, 5) is 13.4. The summed E-state index contributed by atoms with van der Waals surface area (Å²) in [5, 5.41) is 10.9. The van der Waals surface area contributed by atoms with E-state index in [1.165, 1.54) is 0 Å². The minimum atomic E-state index is -0.111. The number of fused-ring (bicyclic) bond motifs is 3. The van der Waals surface area contributed by atoms with Crippen molar-refractivity contribution in [3.05, 3.63) is 99.3 Å². The van der Waals surface area contributed by atoms with Crippen LogP contribution in [-0.4, -0.2) is 26.3 Å². The van der Waals surface area contributed by atoms with Crippen LogP contribution in [0, 0.1) is 0 Å². The maximum atomic E-state index is 13.4. The molecule has 0 amide bonds. The zero-order valence-electron chi connectivity index (χ0n) is 17.2. The highest BCUT2D eigenvalue weighted by atomic mass is 35.5. The second-order valence-corrected chi connectivity index (χ2v) is 8.63. The number of hydrogen-bond acceptors (Lipinski definition) is 5. The summed E-state index contributed by atoms with van der Waals surface area (Å²) in [6, 6.07) is 23.0. The molecule has 32 heavy (non-hydrogen) atoms. The summed E-state index contributed by atoms with van der Waals surface area (Å²) in [7, 11) is 1.63. The number of methoxy groups -OCH3 is 1. The van der Waals surface area contributed by atoms with Crippen molar-refractivity contribution in [1.82, 2.24) is 19.2 Å². The average Bonchev–Trinajstić information content (AvgIpc) is 3.25. The highest BCUT2D eigenvalue weighted by Crippen LogP contribution is 2.26. The molecule has 3 aromatic carbocycles. The molecular formula is C24H19ClN4O2S. The molecule has 0 aliphatic heterocycles. The van der Waals surface area contributed by atoms with Crippen LogP contribution in [0.1, 0.15) is 11.1 Å².